The quantitative estimate of drug-likeness (QED) is 0.734. The zero-order valence-electron chi connectivity index (χ0n) is 10.7. The Morgan fingerprint density at radius 2 is 1.73 bits per heavy atom. The van der Waals surface area contributed by atoms with Crippen molar-refractivity contribution in [2.45, 2.75) is 59.7 Å². The van der Waals surface area contributed by atoms with Crippen LogP contribution in [-0.2, 0) is 9.53 Å². The van der Waals surface area contributed by atoms with Gasteiger partial charge in [0.25, 0.3) is 0 Å². The number of aliphatic hydroxyl groups excluding tert-OH is 1. The number of hydrogen-bond donors (Lipinski definition) is 1. The Hall–Kier alpha value is -0.570. The van der Waals surface area contributed by atoms with Crippen molar-refractivity contribution in [2.75, 3.05) is 0 Å². The normalized spacial score (nSPS) is 16.3. The van der Waals surface area contributed by atoms with Gasteiger partial charge in [0.05, 0.1) is 12.0 Å². The highest BCUT2D eigenvalue weighted by molar-refractivity contribution is 5.73. The lowest BCUT2D eigenvalue weighted by molar-refractivity contribution is -0.163. The van der Waals surface area contributed by atoms with Crippen LogP contribution in [0.15, 0.2) is 0 Å². The molecule has 0 fully saturated rings. The predicted octanol–water partition coefficient (Wildman–Crippen LogP) is 2.37. The molecule has 0 radical (unpaired) electrons. The lowest BCUT2D eigenvalue weighted by Gasteiger charge is -2.25. The van der Waals surface area contributed by atoms with Crippen LogP contribution in [-0.4, -0.2) is 22.8 Å². The molecule has 0 aromatic heterocycles. The summed E-state index contributed by atoms with van der Waals surface area (Å²) in [5.41, 5.74) is -0.483. The second-order valence-corrected chi connectivity index (χ2v) is 5.52. The third-order valence-electron chi connectivity index (χ3n) is 2.07. The molecule has 3 nitrogen and oxygen atoms in total. The Morgan fingerprint density at radius 3 is 2.07 bits per heavy atom. The maximum absolute atomic E-state index is 11.6. The molecule has 0 aliphatic rings. The van der Waals surface area contributed by atoms with Crippen LogP contribution in [0.25, 0.3) is 0 Å². The zero-order valence-corrected chi connectivity index (χ0v) is 10.7. The molecule has 0 spiro atoms. The number of aliphatic hydroxyl groups is 1. The number of esters is 1. The van der Waals surface area contributed by atoms with E-state index in [1.807, 2.05) is 34.6 Å². The van der Waals surface area contributed by atoms with Crippen LogP contribution in [0.2, 0.25) is 0 Å². The van der Waals surface area contributed by atoms with Gasteiger partial charge in [-0.3, -0.25) is 4.79 Å². The average molecular weight is 216 g/mol. The van der Waals surface area contributed by atoms with E-state index in [-0.39, 0.29) is 5.97 Å². The Morgan fingerprint density at radius 1 is 1.27 bits per heavy atom. The van der Waals surface area contributed by atoms with Crippen molar-refractivity contribution in [3.63, 3.8) is 0 Å². The summed E-state index contributed by atoms with van der Waals surface area (Å²) < 4.78 is 5.20. The molecule has 2 atom stereocenters. The molecular formula is C12H24O3. The van der Waals surface area contributed by atoms with Crippen molar-refractivity contribution < 1.29 is 14.6 Å². The lowest BCUT2D eigenvalue weighted by atomic mass is 9.96. The molecule has 2 unspecified atom stereocenters. The molecule has 90 valence electrons. The van der Waals surface area contributed by atoms with Gasteiger partial charge in [-0.05, 0) is 40.0 Å². The van der Waals surface area contributed by atoms with Crippen LogP contribution < -0.4 is 0 Å². The molecule has 0 aromatic rings. The van der Waals surface area contributed by atoms with Gasteiger partial charge in [-0.15, -0.1) is 0 Å². The maximum atomic E-state index is 11.6. The first-order valence-electron chi connectivity index (χ1n) is 5.54. The van der Waals surface area contributed by atoms with Crippen LogP contribution in [0.1, 0.15) is 48.0 Å². The molecule has 0 amide bonds. The fourth-order valence-corrected chi connectivity index (χ4v) is 1.24. The van der Waals surface area contributed by atoms with E-state index in [0.29, 0.717) is 12.3 Å². The highest BCUT2D eigenvalue weighted by Crippen LogP contribution is 2.17. The van der Waals surface area contributed by atoms with E-state index < -0.39 is 17.6 Å². The van der Waals surface area contributed by atoms with Crippen LogP contribution in [0.3, 0.4) is 0 Å². The van der Waals surface area contributed by atoms with Crippen LogP contribution in [0, 0.1) is 11.8 Å². The first kappa shape index (κ1) is 14.4. The van der Waals surface area contributed by atoms with Gasteiger partial charge in [0.2, 0.25) is 0 Å². The fourth-order valence-electron chi connectivity index (χ4n) is 1.24. The molecule has 15 heavy (non-hydrogen) atoms. The lowest BCUT2D eigenvalue weighted by Crippen LogP contribution is -2.33. The first-order chi connectivity index (χ1) is 6.63. The van der Waals surface area contributed by atoms with Gasteiger partial charge < -0.3 is 9.84 Å². The molecule has 0 heterocycles. The van der Waals surface area contributed by atoms with Crippen molar-refractivity contribution in [2.24, 2.45) is 11.8 Å². The van der Waals surface area contributed by atoms with E-state index >= 15 is 0 Å². The SMILES string of the molecule is CC(C)CC(O)C(C)C(=O)OC(C)(C)C. The minimum absolute atomic E-state index is 0.323. The zero-order chi connectivity index (χ0) is 12.2. The molecule has 1 N–H and O–H groups in total. The van der Waals surface area contributed by atoms with Gasteiger partial charge in [-0.1, -0.05) is 13.8 Å². The van der Waals surface area contributed by atoms with Gasteiger partial charge in [0.15, 0.2) is 0 Å². The average Bonchev–Trinajstić information content (AvgIpc) is 1.98. The molecule has 0 bridgehead atoms. The van der Waals surface area contributed by atoms with Gasteiger partial charge >= 0.3 is 5.97 Å². The molecule has 0 aliphatic heterocycles. The Balaban J connectivity index is 4.20. The molecular weight excluding hydrogens is 192 g/mol. The van der Waals surface area contributed by atoms with Gasteiger partial charge in [0.1, 0.15) is 5.60 Å². The molecule has 0 rings (SSSR count). The largest absolute Gasteiger partial charge is 0.460 e. The summed E-state index contributed by atoms with van der Waals surface area (Å²) in [5, 5.41) is 9.75. The van der Waals surface area contributed by atoms with Crippen molar-refractivity contribution >= 4 is 5.97 Å². The van der Waals surface area contributed by atoms with E-state index in [2.05, 4.69) is 0 Å². The third-order valence-corrected chi connectivity index (χ3v) is 2.07. The van der Waals surface area contributed by atoms with E-state index in [1.165, 1.54) is 0 Å². The predicted molar refractivity (Wildman–Crippen MR) is 60.5 cm³/mol. The second kappa shape index (κ2) is 5.50. The number of hydrogen-bond acceptors (Lipinski definition) is 3. The van der Waals surface area contributed by atoms with Crippen molar-refractivity contribution in [3.8, 4) is 0 Å². The van der Waals surface area contributed by atoms with Crippen LogP contribution in [0.4, 0.5) is 0 Å². The highest BCUT2D eigenvalue weighted by Gasteiger charge is 2.27. The summed E-state index contributed by atoms with van der Waals surface area (Å²) in [6, 6.07) is 0. The minimum atomic E-state index is -0.611. The molecule has 0 saturated heterocycles. The summed E-state index contributed by atoms with van der Waals surface area (Å²) in [5.74, 6) is -0.396. The number of rotatable bonds is 4. The maximum Gasteiger partial charge on any atom is 0.311 e. The van der Waals surface area contributed by atoms with E-state index in [1.54, 1.807) is 6.92 Å². The topological polar surface area (TPSA) is 46.5 Å². The fraction of sp³-hybridized carbons (Fsp3) is 0.917. The van der Waals surface area contributed by atoms with Crippen molar-refractivity contribution in [1.29, 1.82) is 0 Å². The van der Waals surface area contributed by atoms with Crippen LogP contribution in [0.5, 0.6) is 0 Å². The summed E-state index contributed by atoms with van der Waals surface area (Å²) in [6.45, 7) is 11.2. The van der Waals surface area contributed by atoms with Gasteiger partial charge in [-0.25, -0.2) is 0 Å². The second-order valence-electron chi connectivity index (χ2n) is 5.52. The molecule has 0 saturated carbocycles. The Kier molecular flexibility index (Phi) is 5.29. The summed E-state index contributed by atoms with van der Waals surface area (Å²) in [4.78, 5) is 11.6. The molecule has 0 aromatic carbocycles. The monoisotopic (exact) mass is 216 g/mol. The van der Waals surface area contributed by atoms with E-state index in [0.717, 1.165) is 0 Å². The highest BCUT2D eigenvalue weighted by atomic mass is 16.6. The minimum Gasteiger partial charge on any atom is -0.460 e. The molecule has 0 aliphatic carbocycles. The van der Waals surface area contributed by atoms with Gasteiger partial charge in [-0.2, -0.15) is 0 Å². The van der Waals surface area contributed by atoms with Crippen molar-refractivity contribution in [3.05, 3.63) is 0 Å². The smallest absolute Gasteiger partial charge is 0.311 e. The Bertz CT molecular complexity index is 203. The molecule has 3 heteroatoms. The first-order valence-corrected chi connectivity index (χ1v) is 5.54. The summed E-state index contributed by atoms with van der Waals surface area (Å²) in [6.07, 6.45) is 0.0142. The van der Waals surface area contributed by atoms with Crippen molar-refractivity contribution in [1.82, 2.24) is 0 Å². The number of ether oxygens (including phenoxy) is 1. The summed E-state index contributed by atoms with van der Waals surface area (Å²) >= 11 is 0. The third kappa shape index (κ3) is 6.50. The van der Waals surface area contributed by atoms with E-state index in [9.17, 15) is 9.90 Å². The number of carbonyl (C=O) groups is 1. The van der Waals surface area contributed by atoms with Gasteiger partial charge in [0, 0.05) is 0 Å². The van der Waals surface area contributed by atoms with Crippen LogP contribution >= 0.6 is 0 Å². The summed E-state index contributed by atoms with van der Waals surface area (Å²) in [7, 11) is 0. The standard InChI is InChI=1S/C12H24O3/c1-8(2)7-10(13)9(3)11(14)15-12(4,5)6/h8-10,13H,7H2,1-6H3. The van der Waals surface area contributed by atoms with E-state index in [4.69, 9.17) is 4.74 Å². The Labute approximate surface area is 92.8 Å². The number of carbonyl (C=O) groups excluding carboxylic acids is 1.